The van der Waals surface area contributed by atoms with Gasteiger partial charge in [-0.25, -0.2) is 4.79 Å². The highest BCUT2D eigenvalue weighted by Gasteiger charge is 2.24. The lowest BCUT2D eigenvalue weighted by Crippen LogP contribution is -2.46. The van der Waals surface area contributed by atoms with Gasteiger partial charge in [0.15, 0.2) is 6.10 Å². The van der Waals surface area contributed by atoms with E-state index in [-0.39, 0.29) is 0 Å². The number of carboxylic acids is 1. The molecule has 5 nitrogen and oxygen atoms in total. The van der Waals surface area contributed by atoms with Crippen LogP contribution in [-0.2, 0) is 9.59 Å². The van der Waals surface area contributed by atoms with Gasteiger partial charge in [-0.15, -0.1) is 0 Å². The van der Waals surface area contributed by atoms with Gasteiger partial charge in [-0.05, 0) is 59.0 Å². The molecule has 0 bridgehead atoms. The highest BCUT2D eigenvalue weighted by atomic mass is 79.9. The maximum Gasteiger partial charge on any atom is 0.326 e. The Morgan fingerprint density at radius 2 is 2.17 bits per heavy atom. The van der Waals surface area contributed by atoms with Gasteiger partial charge in [0.25, 0.3) is 5.91 Å². The first-order chi connectivity index (χ1) is 10.8. The molecule has 1 rings (SSSR count). The van der Waals surface area contributed by atoms with Gasteiger partial charge in [-0.2, -0.15) is 11.8 Å². The summed E-state index contributed by atoms with van der Waals surface area (Å²) in [5.74, 6) is 0.525. The van der Waals surface area contributed by atoms with E-state index >= 15 is 0 Å². The molecule has 2 atom stereocenters. The van der Waals surface area contributed by atoms with E-state index in [1.807, 2.05) is 6.92 Å². The molecule has 8 heteroatoms. The van der Waals surface area contributed by atoms with Crippen LogP contribution in [0.5, 0.6) is 5.75 Å². The number of aliphatic carboxylic acids is 1. The van der Waals surface area contributed by atoms with E-state index in [0.717, 1.165) is 5.75 Å². The summed E-state index contributed by atoms with van der Waals surface area (Å²) in [5.41, 5.74) is 0. The van der Waals surface area contributed by atoms with Gasteiger partial charge in [0.1, 0.15) is 11.8 Å². The van der Waals surface area contributed by atoms with Crippen molar-refractivity contribution >= 4 is 51.2 Å². The average molecular weight is 425 g/mol. The minimum Gasteiger partial charge on any atom is -0.480 e. The minimum atomic E-state index is -1.05. The number of hydrogen-bond donors (Lipinski definition) is 2. The van der Waals surface area contributed by atoms with Crippen molar-refractivity contribution in [3.8, 4) is 5.75 Å². The number of amides is 1. The number of halogens is 2. The zero-order valence-corrected chi connectivity index (χ0v) is 16.0. The maximum atomic E-state index is 12.1. The fourth-order valence-corrected chi connectivity index (χ4v) is 3.17. The van der Waals surface area contributed by atoms with Gasteiger partial charge in [-0.3, -0.25) is 4.79 Å². The van der Waals surface area contributed by atoms with Gasteiger partial charge < -0.3 is 15.2 Å². The standard InChI is InChI=1S/C15H19BrClNO4S/c1-3-23-7-6-12(15(20)21)18-14(19)9(2)22-13-5-4-10(17)8-11(13)16/h4-5,8-9,12H,3,6-7H2,1-2H3,(H,18,19)(H,20,21). The highest BCUT2D eigenvalue weighted by Crippen LogP contribution is 2.28. The quantitative estimate of drug-likeness (QED) is 0.593. The lowest BCUT2D eigenvalue weighted by Gasteiger charge is -2.19. The Kier molecular flexibility index (Phi) is 8.79. The smallest absolute Gasteiger partial charge is 0.326 e. The molecule has 1 aromatic carbocycles. The Bertz CT molecular complexity index is 558. The molecule has 0 aliphatic carbocycles. The minimum absolute atomic E-state index is 0.372. The molecule has 0 spiro atoms. The van der Waals surface area contributed by atoms with Crippen molar-refractivity contribution in [3.05, 3.63) is 27.7 Å². The van der Waals surface area contributed by atoms with Crippen molar-refractivity contribution in [2.45, 2.75) is 32.4 Å². The van der Waals surface area contributed by atoms with E-state index in [0.29, 0.717) is 27.4 Å². The number of nitrogens with one attached hydrogen (secondary N) is 1. The largest absolute Gasteiger partial charge is 0.480 e. The molecule has 0 aliphatic heterocycles. The Balaban J connectivity index is 2.62. The normalized spacial score (nSPS) is 13.2. The van der Waals surface area contributed by atoms with Crippen molar-refractivity contribution in [1.29, 1.82) is 0 Å². The molecule has 1 amide bonds. The summed E-state index contributed by atoms with van der Waals surface area (Å²) in [7, 11) is 0. The molecule has 0 heterocycles. The summed E-state index contributed by atoms with van der Waals surface area (Å²) in [6.45, 7) is 3.56. The Labute approximate surface area is 153 Å². The van der Waals surface area contributed by atoms with E-state index < -0.39 is 24.0 Å². The van der Waals surface area contributed by atoms with Crippen LogP contribution in [0.1, 0.15) is 20.3 Å². The predicted molar refractivity (Wildman–Crippen MR) is 96.4 cm³/mol. The Morgan fingerprint density at radius 3 is 2.74 bits per heavy atom. The highest BCUT2D eigenvalue weighted by molar-refractivity contribution is 9.10. The number of carbonyl (C=O) groups excluding carboxylic acids is 1. The Morgan fingerprint density at radius 1 is 1.48 bits per heavy atom. The molecule has 0 saturated carbocycles. The Hall–Kier alpha value is -0.920. The number of carboxylic acid groups (broad SMARTS) is 1. The summed E-state index contributed by atoms with van der Waals surface area (Å²) >= 11 is 10.8. The average Bonchev–Trinajstić information content (AvgIpc) is 2.48. The zero-order valence-electron chi connectivity index (χ0n) is 12.8. The summed E-state index contributed by atoms with van der Waals surface area (Å²) in [5, 5.41) is 12.2. The molecule has 0 radical (unpaired) electrons. The van der Waals surface area contributed by atoms with Crippen LogP contribution in [0.15, 0.2) is 22.7 Å². The fourth-order valence-electron chi connectivity index (χ4n) is 1.71. The van der Waals surface area contributed by atoms with Crippen LogP contribution in [0, 0.1) is 0 Å². The number of thioether (sulfide) groups is 1. The monoisotopic (exact) mass is 423 g/mol. The second-order valence-corrected chi connectivity index (χ2v) is 7.40. The van der Waals surface area contributed by atoms with E-state index in [1.165, 1.54) is 0 Å². The third kappa shape index (κ3) is 7.01. The van der Waals surface area contributed by atoms with E-state index in [4.69, 9.17) is 16.3 Å². The third-order valence-corrected chi connectivity index (χ3v) is 4.72. The molecule has 128 valence electrons. The molecule has 0 aromatic heterocycles. The van der Waals surface area contributed by atoms with E-state index in [2.05, 4.69) is 21.2 Å². The van der Waals surface area contributed by atoms with Gasteiger partial charge in [0, 0.05) is 5.02 Å². The summed E-state index contributed by atoms with van der Waals surface area (Å²) in [6.07, 6.45) is -0.454. The molecule has 1 aromatic rings. The van der Waals surface area contributed by atoms with Gasteiger partial charge in [-0.1, -0.05) is 18.5 Å². The second-order valence-electron chi connectivity index (χ2n) is 4.72. The zero-order chi connectivity index (χ0) is 17.4. The third-order valence-electron chi connectivity index (χ3n) is 2.94. The van der Waals surface area contributed by atoms with Crippen LogP contribution in [0.25, 0.3) is 0 Å². The van der Waals surface area contributed by atoms with Crippen molar-refractivity contribution in [3.63, 3.8) is 0 Å². The van der Waals surface area contributed by atoms with Crippen LogP contribution in [0.3, 0.4) is 0 Å². The number of rotatable bonds is 9. The topological polar surface area (TPSA) is 75.6 Å². The molecular formula is C15H19BrClNO4S. The first kappa shape index (κ1) is 20.1. The van der Waals surface area contributed by atoms with Crippen LogP contribution in [-0.4, -0.2) is 40.6 Å². The van der Waals surface area contributed by atoms with Gasteiger partial charge in [0.2, 0.25) is 0 Å². The lowest BCUT2D eigenvalue weighted by molar-refractivity contribution is -0.142. The first-order valence-corrected chi connectivity index (χ1v) is 9.40. The van der Waals surface area contributed by atoms with Crippen LogP contribution < -0.4 is 10.1 Å². The van der Waals surface area contributed by atoms with Gasteiger partial charge >= 0.3 is 5.97 Å². The van der Waals surface area contributed by atoms with Crippen molar-refractivity contribution < 1.29 is 19.4 Å². The van der Waals surface area contributed by atoms with E-state index in [1.54, 1.807) is 36.9 Å². The SMILES string of the molecule is CCSCCC(NC(=O)C(C)Oc1ccc(Cl)cc1Br)C(=O)O. The summed E-state index contributed by atoms with van der Waals surface area (Å²) in [4.78, 5) is 23.3. The first-order valence-electron chi connectivity index (χ1n) is 7.07. The molecule has 23 heavy (non-hydrogen) atoms. The van der Waals surface area contributed by atoms with Crippen LogP contribution in [0.4, 0.5) is 0 Å². The molecule has 0 saturated heterocycles. The van der Waals surface area contributed by atoms with Gasteiger partial charge in [0.05, 0.1) is 4.47 Å². The molecule has 2 N–H and O–H groups in total. The van der Waals surface area contributed by atoms with Crippen molar-refractivity contribution in [1.82, 2.24) is 5.32 Å². The molecular weight excluding hydrogens is 406 g/mol. The van der Waals surface area contributed by atoms with Crippen LogP contribution in [0.2, 0.25) is 5.02 Å². The molecule has 0 aliphatic rings. The fraction of sp³-hybridized carbons (Fsp3) is 0.467. The number of ether oxygens (including phenoxy) is 1. The number of benzene rings is 1. The lowest BCUT2D eigenvalue weighted by atomic mass is 10.2. The number of carbonyl (C=O) groups is 2. The summed E-state index contributed by atoms with van der Waals surface area (Å²) in [6, 6.07) is 4.03. The predicted octanol–water partition coefficient (Wildman–Crippen LogP) is 3.58. The van der Waals surface area contributed by atoms with Crippen molar-refractivity contribution in [2.24, 2.45) is 0 Å². The van der Waals surface area contributed by atoms with Crippen LogP contribution >= 0.6 is 39.3 Å². The van der Waals surface area contributed by atoms with Crippen molar-refractivity contribution in [2.75, 3.05) is 11.5 Å². The maximum absolute atomic E-state index is 12.1. The summed E-state index contributed by atoms with van der Waals surface area (Å²) < 4.78 is 6.18. The van der Waals surface area contributed by atoms with E-state index in [9.17, 15) is 14.7 Å². The second kappa shape index (κ2) is 10.1. The molecule has 2 unspecified atom stereocenters. The molecule has 0 fully saturated rings. The number of hydrogen-bond acceptors (Lipinski definition) is 4.